The highest BCUT2D eigenvalue weighted by Crippen LogP contribution is 2.00. The highest BCUT2D eigenvalue weighted by atomic mass is 16.1. The summed E-state index contributed by atoms with van der Waals surface area (Å²) in [6, 6.07) is 9.74. The van der Waals surface area contributed by atoms with Gasteiger partial charge in [0.25, 0.3) is 0 Å². The van der Waals surface area contributed by atoms with Crippen molar-refractivity contribution >= 4 is 12.0 Å². The fraction of sp³-hybridized carbons (Fsp3) is 0.182. The third kappa shape index (κ3) is 3.56. The molecule has 0 unspecified atom stereocenters. The number of likely N-dealkylation sites (N-methyl/N-ethyl adjacent to an activating group) is 1. The minimum atomic E-state index is -0.0497. The minimum absolute atomic E-state index is 0.0497. The molecule has 1 amide bonds. The van der Waals surface area contributed by atoms with Gasteiger partial charge in [-0.2, -0.15) is 0 Å². The lowest BCUT2D eigenvalue weighted by atomic mass is 10.2. The van der Waals surface area contributed by atoms with Gasteiger partial charge >= 0.3 is 0 Å². The maximum atomic E-state index is 11.0. The molecule has 0 heterocycles. The molecule has 0 fully saturated rings. The maximum absolute atomic E-state index is 11.0. The molecule has 0 saturated heterocycles. The third-order valence-electron chi connectivity index (χ3n) is 1.58. The number of carbonyl (C=O) groups is 1. The topological polar surface area (TPSA) is 29.1 Å². The van der Waals surface area contributed by atoms with Crippen molar-refractivity contribution in [3.05, 3.63) is 42.0 Å². The molecule has 68 valence electrons. The molecule has 0 atom stereocenters. The van der Waals surface area contributed by atoms with Crippen LogP contribution in [-0.2, 0) is 4.79 Å². The summed E-state index contributed by atoms with van der Waals surface area (Å²) in [4.78, 5) is 11.0. The van der Waals surface area contributed by atoms with E-state index >= 15 is 0 Å². The summed E-state index contributed by atoms with van der Waals surface area (Å²) in [5.74, 6) is -0.0497. The Morgan fingerprint density at radius 3 is 2.69 bits per heavy atom. The summed E-state index contributed by atoms with van der Waals surface area (Å²) in [5, 5.41) is 2.69. The van der Waals surface area contributed by atoms with Crippen LogP contribution < -0.4 is 5.32 Å². The zero-order valence-corrected chi connectivity index (χ0v) is 7.66. The van der Waals surface area contributed by atoms with Gasteiger partial charge in [0.15, 0.2) is 0 Å². The number of amides is 1. The fourth-order valence-electron chi connectivity index (χ4n) is 0.969. The Bertz CT molecular complexity index is 290. The lowest BCUT2D eigenvalue weighted by molar-refractivity contribution is -0.116. The van der Waals surface area contributed by atoms with Crippen LogP contribution in [0.25, 0.3) is 6.08 Å². The van der Waals surface area contributed by atoms with Crippen molar-refractivity contribution in [2.45, 2.75) is 6.92 Å². The van der Waals surface area contributed by atoms with E-state index in [1.165, 1.54) is 0 Å². The predicted octanol–water partition coefficient (Wildman–Crippen LogP) is 1.84. The summed E-state index contributed by atoms with van der Waals surface area (Å²) < 4.78 is 0. The maximum Gasteiger partial charge on any atom is 0.243 e. The molecule has 1 aromatic carbocycles. The van der Waals surface area contributed by atoms with Crippen molar-refractivity contribution in [2.24, 2.45) is 0 Å². The molecule has 1 aromatic rings. The lowest BCUT2D eigenvalue weighted by Gasteiger charge is -1.94. The molecule has 2 nitrogen and oxygen atoms in total. The zero-order valence-electron chi connectivity index (χ0n) is 7.66. The van der Waals surface area contributed by atoms with E-state index in [0.29, 0.717) is 6.54 Å². The van der Waals surface area contributed by atoms with Crippen molar-refractivity contribution in [1.82, 2.24) is 5.32 Å². The fourth-order valence-corrected chi connectivity index (χ4v) is 0.969. The first-order valence-corrected chi connectivity index (χ1v) is 4.34. The van der Waals surface area contributed by atoms with Gasteiger partial charge < -0.3 is 5.32 Å². The lowest BCUT2D eigenvalue weighted by Crippen LogP contribution is -2.19. The highest BCUT2D eigenvalue weighted by molar-refractivity contribution is 5.91. The Morgan fingerprint density at radius 1 is 1.38 bits per heavy atom. The molecule has 0 aliphatic heterocycles. The van der Waals surface area contributed by atoms with E-state index in [1.54, 1.807) is 12.2 Å². The van der Waals surface area contributed by atoms with Crippen molar-refractivity contribution in [2.75, 3.05) is 6.54 Å². The molecule has 0 aliphatic rings. The van der Waals surface area contributed by atoms with Gasteiger partial charge in [-0.25, -0.2) is 0 Å². The second kappa shape index (κ2) is 5.14. The zero-order chi connectivity index (χ0) is 9.52. The van der Waals surface area contributed by atoms with Crippen LogP contribution in [0.15, 0.2) is 36.4 Å². The number of benzene rings is 1. The average Bonchev–Trinajstić information content (AvgIpc) is 2.17. The van der Waals surface area contributed by atoms with Crippen molar-refractivity contribution in [3.63, 3.8) is 0 Å². The molecule has 13 heavy (non-hydrogen) atoms. The highest BCUT2D eigenvalue weighted by Gasteiger charge is 1.90. The number of hydrogen-bond donors (Lipinski definition) is 1. The molecule has 0 bridgehead atoms. The Labute approximate surface area is 78.3 Å². The first-order valence-electron chi connectivity index (χ1n) is 4.34. The van der Waals surface area contributed by atoms with Crippen LogP contribution in [0.4, 0.5) is 0 Å². The van der Waals surface area contributed by atoms with Gasteiger partial charge in [-0.05, 0) is 18.6 Å². The Kier molecular flexibility index (Phi) is 3.76. The number of hydrogen-bond acceptors (Lipinski definition) is 1. The van der Waals surface area contributed by atoms with Gasteiger partial charge in [0.2, 0.25) is 5.91 Å². The van der Waals surface area contributed by atoms with E-state index < -0.39 is 0 Å². The largest absolute Gasteiger partial charge is 0.353 e. The van der Waals surface area contributed by atoms with Crippen LogP contribution in [0.1, 0.15) is 12.5 Å². The SMILES string of the molecule is CCNC(=O)/C=C/c1ccccc1. The third-order valence-corrected chi connectivity index (χ3v) is 1.58. The first kappa shape index (κ1) is 9.52. The van der Waals surface area contributed by atoms with Gasteiger partial charge in [-0.15, -0.1) is 0 Å². The Morgan fingerprint density at radius 2 is 2.08 bits per heavy atom. The molecule has 0 radical (unpaired) electrons. The van der Waals surface area contributed by atoms with E-state index in [-0.39, 0.29) is 5.91 Å². The van der Waals surface area contributed by atoms with Gasteiger partial charge in [-0.3, -0.25) is 4.79 Å². The number of rotatable bonds is 3. The monoisotopic (exact) mass is 175 g/mol. The van der Waals surface area contributed by atoms with Crippen molar-refractivity contribution < 1.29 is 4.79 Å². The first-order chi connectivity index (χ1) is 6.33. The summed E-state index contributed by atoms with van der Waals surface area (Å²) in [5.41, 5.74) is 1.04. The Balaban J connectivity index is 2.54. The smallest absolute Gasteiger partial charge is 0.243 e. The van der Waals surface area contributed by atoms with Gasteiger partial charge in [0.05, 0.1) is 0 Å². The summed E-state index contributed by atoms with van der Waals surface area (Å²) >= 11 is 0. The summed E-state index contributed by atoms with van der Waals surface area (Å²) in [6.07, 6.45) is 3.34. The minimum Gasteiger partial charge on any atom is -0.353 e. The molecular formula is C11H13NO. The van der Waals surface area contributed by atoms with Crippen LogP contribution >= 0.6 is 0 Å². The second-order valence-corrected chi connectivity index (χ2v) is 2.64. The van der Waals surface area contributed by atoms with Crippen molar-refractivity contribution in [3.8, 4) is 0 Å². The number of nitrogens with one attached hydrogen (secondary N) is 1. The average molecular weight is 175 g/mol. The molecule has 0 spiro atoms. The van der Waals surface area contributed by atoms with Crippen LogP contribution in [-0.4, -0.2) is 12.5 Å². The van der Waals surface area contributed by atoms with E-state index in [4.69, 9.17) is 0 Å². The van der Waals surface area contributed by atoms with Crippen LogP contribution in [0, 0.1) is 0 Å². The molecule has 1 N–H and O–H groups in total. The quantitative estimate of drug-likeness (QED) is 0.698. The standard InChI is InChI=1S/C11H13NO/c1-2-12-11(13)9-8-10-6-4-3-5-7-10/h3-9H,2H2,1H3,(H,12,13)/b9-8+. The molecule has 0 saturated carbocycles. The molecule has 0 aromatic heterocycles. The normalized spacial score (nSPS) is 10.2. The number of carbonyl (C=O) groups excluding carboxylic acids is 1. The molecular weight excluding hydrogens is 162 g/mol. The van der Waals surface area contributed by atoms with E-state index in [9.17, 15) is 4.79 Å². The van der Waals surface area contributed by atoms with Crippen LogP contribution in [0.2, 0.25) is 0 Å². The van der Waals surface area contributed by atoms with E-state index in [1.807, 2.05) is 37.3 Å². The van der Waals surface area contributed by atoms with Crippen molar-refractivity contribution in [1.29, 1.82) is 0 Å². The van der Waals surface area contributed by atoms with Crippen LogP contribution in [0.3, 0.4) is 0 Å². The van der Waals surface area contributed by atoms with Gasteiger partial charge in [-0.1, -0.05) is 30.3 Å². The predicted molar refractivity (Wildman–Crippen MR) is 54.2 cm³/mol. The Hall–Kier alpha value is -1.57. The van der Waals surface area contributed by atoms with Gasteiger partial charge in [0.1, 0.15) is 0 Å². The van der Waals surface area contributed by atoms with E-state index in [0.717, 1.165) is 5.56 Å². The van der Waals surface area contributed by atoms with E-state index in [2.05, 4.69) is 5.32 Å². The summed E-state index contributed by atoms with van der Waals surface area (Å²) in [7, 11) is 0. The summed E-state index contributed by atoms with van der Waals surface area (Å²) in [6.45, 7) is 2.56. The van der Waals surface area contributed by atoms with Crippen LogP contribution in [0.5, 0.6) is 0 Å². The molecule has 1 rings (SSSR count). The molecule has 2 heteroatoms. The van der Waals surface area contributed by atoms with Gasteiger partial charge in [0, 0.05) is 12.6 Å². The second-order valence-electron chi connectivity index (χ2n) is 2.64. The molecule has 0 aliphatic carbocycles.